The Labute approximate surface area is 140 Å². The van der Waals surface area contributed by atoms with E-state index >= 15 is 0 Å². The van der Waals surface area contributed by atoms with Gasteiger partial charge in [0.2, 0.25) is 11.8 Å². The molecule has 0 aliphatic rings. The van der Waals surface area contributed by atoms with Crippen LogP contribution in [0.1, 0.15) is 18.1 Å². The molecule has 1 unspecified atom stereocenters. The molecule has 0 saturated heterocycles. The van der Waals surface area contributed by atoms with E-state index in [4.69, 9.17) is 5.73 Å². The second-order valence-electron chi connectivity index (χ2n) is 5.50. The van der Waals surface area contributed by atoms with Crippen LogP contribution >= 0.6 is 0 Å². The van der Waals surface area contributed by atoms with Gasteiger partial charge in [-0.05, 0) is 36.3 Å². The summed E-state index contributed by atoms with van der Waals surface area (Å²) in [6.07, 6.45) is 1.95. The van der Waals surface area contributed by atoms with E-state index in [1.165, 1.54) is 12.1 Å². The lowest BCUT2D eigenvalue weighted by Gasteiger charge is -2.16. The van der Waals surface area contributed by atoms with Crippen molar-refractivity contribution >= 4 is 17.9 Å². The Morgan fingerprint density at radius 1 is 1.12 bits per heavy atom. The highest BCUT2D eigenvalue weighted by molar-refractivity contribution is 5.99. The quantitative estimate of drug-likeness (QED) is 0.800. The van der Waals surface area contributed by atoms with E-state index in [1.54, 1.807) is 25.1 Å². The van der Waals surface area contributed by atoms with E-state index in [9.17, 15) is 14.0 Å². The third kappa shape index (κ3) is 5.05. The molecule has 1 atom stereocenters. The Morgan fingerprint density at radius 2 is 1.75 bits per heavy atom. The highest BCUT2D eigenvalue weighted by Gasteiger charge is 2.19. The summed E-state index contributed by atoms with van der Waals surface area (Å²) in [4.78, 5) is 23.9. The summed E-state index contributed by atoms with van der Waals surface area (Å²) in [5, 5.41) is 2.64. The van der Waals surface area contributed by atoms with Crippen LogP contribution in [0.25, 0.3) is 6.08 Å². The molecule has 0 bridgehead atoms. The van der Waals surface area contributed by atoms with Gasteiger partial charge in [-0.1, -0.05) is 42.5 Å². The van der Waals surface area contributed by atoms with Crippen molar-refractivity contribution in [2.75, 3.05) is 0 Å². The summed E-state index contributed by atoms with van der Waals surface area (Å²) >= 11 is 0. The minimum atomic E-state index is -0.795. The first-order valence-corrected chi connectivity index (χ1v) is 7.53. The molecular formula is C19H19FN2O2. The number of nitrogens with two attached hydrogens (primary N) is 1. The van der Waals surface area contributed by atoms with Crippen LogP contribution in [0.5, 0.6) is 0 Å². The standard InChI is InChI=1S/C19H19FN2O2/c1-13(11-15-7-9-16(20)10-8-15)19(24)22-17(18(21)23)12-14-5-3-2-4-6-14/h2-11,17H,12H2,1H3,(H2,21,23)(H,22,24). The van der Waals surface area contributed by atoms with Crippen LogP contribution in [-0.4, -0.2) is 17.9 Å². The Morgan fingerprint density at radius 3 is 2.33 bits per heavy atom. The van der Waals surface area contributed by atoms with Gasteiger partial charge in [-0.3, -0.25) is 9.59 Å². The Kier molecular flexibility index (Phi) is 5.84. The molecule has 2 amide bonds. The van der Waals surface area contributed by atoms with Crippen molar-refractivity contribution in [3.8, 4) is 0 Å². The summed E-state index contributed by atoms with van der Waals surface area (Å²) in [6.45, 7) is 1.62. The van der Waals surface area contributed by atoms with Gasteiger partial charge >= 0.3 is 0 Å². The number of amides is 2. The Balaban J connectivity index is 2.06. The third-order valence-electron chi connectivity index (χ3n) is 3.54. The second-order valence-corrected chi connectivity index (χ2v) is 5.50. The molecule has 0 heterocycles. The summed E-state index contributed by atoms with van der Waals surface area (Å²) < 4.78 is 12.9. The van der Waals surface area contributed by atoms with Crippen molar-refractivity contribution in [2.45, 2.75) is 19.4 Å². The van der Waals surface area contributed by atoms with Crippen molar-refractivity contribution in [1.82, 2.24) is 5.32 Å². The maximum Gasteiger partial charge on any atom is 0.247 e. The molecule has 5 heteroatoms. The molecule has 124 valence electrons. The summed E-state index contributed by atoms with van der Waals surface area (Å²) in [5.41, 5.74) is 7.39. The predicted octanol–water partition coefficient (Wildman–Crippen LogP) is 2.44. The highest BCUT2D eigenvalue weighted by Crippen LogP contribution is 2.09. The third-order valence-corrected chi connectivity index (χ3v) is 3.54. The SMILES string of the molecule is CC(=Cc1ccc(F)cc1)C(=O)NC(Cc1ccccc1)C(N)=O. The lowest BCUT2D eigenvalue weighted by atomic mass is 10.0. The van der Waals surface area contributed by atoms with Crippen molar-refractivity contribution in [3.05, 3.63) is 77.1 Å². The molecule has 2 aromatic carbocycles. The van der Waals surface area contributed by atoms with Crippen LogP contribution in [0.2, 0.25) is 0 Å². The largest absolute Gasteiger partial charge is 0.368 e. The first kappa shape index (κ1) is 17.4. The molecular weight excluding hydrogens is 307 g/mol. The number of rotatable bonds is 6. The molecule has 0 spiro atoms. The monoisotopic (exact) mass is 326 g/mol. The summed E-state index contributed by atoms with van der Waals surface area (Å²) in [6, 6.07) is 14.3. The first-order chi connectivity index (χ1) is 11.5. The zero-order valence-electron chi connectivity index (χ0n) is 13.3. The minimum absolute atomic E-state index is 0.325. The number of halogens is 1. The van der Waals surface area contributed by atoms with Crippen LogP contribution in [0, 0.1) is 5.82 Å². The fourth-order valence-corrected chi connectivity index (χ4v) is 2.22. The average molecular weight is 326 g/mol. The minimum Gasteiger partial charge on any atom is -0.368 e. The van der Waals surface area contributed by atoms with Crippen LogP contribution in [-0.2, 0) is 16.0 Å². The molecule has 2 aromatic rings. The number of carbonyl (C=O) groups excluding carboxylic acids is 2. The van der Waals surface area contributed by atoms with E-state index in [0.717, 1.165) is 5.56 Å². The topological polar surface area (TPSA) is 72.2 Å². The van der Waals surface area contributed by atoms with Crippen LogP contribution in [0.3, 0.4) is 0 Å². The smallest absolute Gasteiger partial charge is 0.247 e. The molecule has 0 fully saturated rings. The zero-order chi connectivity index (χ0) is 17.5. The van der Waals surface area contributed by atoms with E-state index in [1.807, 2.05) is 30.3 Å². The van der Waals surface area contributed by atoms with Gasteiger partial charge in [0, 0.05) is 12.0 Å². The molecule has 0 aliphatic carbocycles. The fraction of sp³-hybridized carbons (Fsp3) is 0.158. The van der Waals surface area contributed by atoms with E-state index in [2.05, 4.69) is 5.32 Å². The molecule has 4 nitrogen and oxygen atoms in total. The van der Waals surface area contributed by atoms with E-state index in [0.29, 0.717) is 17.6 Å². The number of hydrogen-bond acceptors (Lipinski definition) is 2. The van der Waals surface area contributed by atoms with Crippen molar-refractivity contribution in [2.24, 2.45) is 5.73 Å². The molecule has 0 saturated carbocycles. The van der Waals surface area contributed by atoms with Crippen molar-refractivity contribution < 1.29 is 14.0 Å². The fourth-order valence-electron chi connectivity index (χ4n) is 2.22. The van der Waals surface area contributed by atoms with Crippen LogP contribution in [0.15, 0.2) is 60.2 Å². The molecule has 0 aromatic heterocycles. The van der Waals surface area contributed by atoms with Gasteiger partial charge in [-0.15, -0.1) is 0 Å². The predicted molar refractivity (Wildman–Crippen MR) is 91.3 cm³/mol. The lowest BCUT2D eigenvalue weighted by Crippen LogP contribution is -2.46. The number of benzene rings is 2. The van der Waals surface area contributed by atoms with E-state index < -0.39 is 11.9 Å². The average Bonchev–Trinajstić information content (AvgIpc) is 2.57. The number of hydrogen-bond donors (Lipinski definition) is 2. The number of carbonyl (C=O) groups is 2. The van der Waals surface area contributed by atoms with Crippen LogP contribution < -0.4 is 11.1 Å². The van der Waals surface area contributed by atoms with E-state index in [-0.39, 0.29) is 11.7 Å². The van der Waals surface area contributed by atoms with Crippen molar-refractivity contribution in [3.63, 3.8) is 0 Å². The highest BCUT2D eigenvalue weighted by atomic mass is 19.1. The summed E-state index contributed by atoms with van der Waals surface area (Å²) in [7, 11) is 0. The van der Waals surface area contributed by atoms with Gasteiger partial charge in [0.15, 0.2) is 0 Å². The molecule has 3 N–H and O–H groups in total. The number of primary amides is 1. The van der Waals surface area contributed by atoms with Gasteiger partial charge in [-0.2, -0.15) is 0 Å². The van der Waals surface area contributed by atoms with Gasteiger partial charge in [0.1, 0.15) is 11.9 Å². The van der Waals surface area contributed by atoms with Gasteiger partial charge < -0.3 is 11.1 Å². The first-order valence-electron chi connectivity index (χ1n) is 7.53. The zero-order valence-corrected chi connectivity index (χ0v) is 13.3. The maximum atomic E-state index is 12.9. The number of nitrogens with one attached hydrogen (secondary N) is 1. The maximum absolute atomic E-state index is 12.9. The molecule has 24 heavy (non-hydrogen) atoms. The van der Waals surface area contributed by atoms with Crippen LogP contribution in [0.4, 0.5) is 4.39 Å². The summed E-state index contributed by atoms with van der Waals surface area (Å²) in [5.74, 6) is -1.33. The van der Waals surface area contributed by atoms with Crippen molar-refractivity contribution in [1.29, 1.82) is 0 Å². The van der Waals surface area contributed by atoms with Gasteiger partial charge in [-0.25, -0.2) is 4.39 Å². The molecule has 0 radical (unpaired) electrons. The lowest BCUT2D eigenvalue weighted by molar-refractivity contribution is -0.125. The van der Waals surface area contributed by atoms with Gasteiger partial charge in [0.05, 0.1) is 0 Å². The normalized spacial score (nSPS) is 12.5. The Hall–Kier alpha value is -2.95. The van der Waals surface area contributed by atoms with Gasteiger partial charge in [0.25, 0.3) is 0 Å². The second kappa shape index (κ2) is 8.06. The Bertz CT molecular complexity index is 740. The molecule has 2 rings (SSSR count). The molecule has 0 aliphatic heterocycles.